The molecule has 0 aliphatic heterocycles. The van der Waals surface area contributed by atoms with Gasteiger partial charge in [0.15, 0.2) is 0 Å². The largest absolute Gasteiger partial charge is 0.466 e. The van der Waals surface area contributed by atoms with Crippen LogP contribution in [0.1, 0.15) is 27.2 Å². The molecule has 0 radical (unpaired) electrons. The molecule has 0 aliphatic rings. The monoisotopic (exact) mass is 286 g/mol. The summed E-state index contributed by atoms with van der Waals surface area (Å²) in [6.07, 6.45) is 0.811. The fourth-order valence-corrected chi connectivity index (χ4v) is 1.66. The number of carbonyl (C=O) groups excluding carboxylic acids is 1. The summed E-state index contributed by atoms with van der Waals surface area (Å²) in [5.41, 5.74) is -0.348. The zero-order valence-electron chi connectivity index (χ0n) is 8.54. The highest BCUT2D eigenvalue weighted by atomic mass is 79.9. The lowest BCUT2D eigenvalue weighted by Gasteiger charge is -2.20. The van der Waals surface area contributed by atoms with E-state index in [0.29, 0.717) is 6.61 Å². The Balaban J connectivity index is 0. The number of halogens is 1. The average molecular weight is 287 g/mol. The van der Waals surface area contributed by atoms with E-state index in [1.807, 2.05) is 20.8 Å². The Bertz CT molecular complexity index is 200. The van der Waals surface area contributed by atoms with Crippen molar-refractivity contribution in [3.8, 4) is 0 Å². The maximum absolute atomic E-state index is 11.2. The molecule has 0 aromatic carbocycles. The Kier molecular flexibility index (Phi) is 10.8. The van der Waals surface area contributed by atoms with E-state index in [4.69, 9.17) is 13.2 Å². The fraction of sp³-hybridized carbons (Fsp3) is 0.875. The molecule has 0 unspecified atom stereocenters. The summed E-state index contributed by atoms with van der Waals surface area (Å²) in [7, 11) is 0. The van der Waals surface area contributed by atoms with Gasteiger partial charge < -0.3 is 4.74 Å². The van der Waals surface area contributed by atoms with Crippen LogP contribution in [-0.2, 0) is 21.1 Å². The Morgan fingerprint density at radius 1 is 1.43 bits per heavy atom. The van der Waals surface area contributed by atoms with Gasteiger partial charge in [0.1, 0.15) is 0 Å². The van der Waals surface area contributed by atoms with Gasteiger partial charge in [-0.25, -0.2) is 0 Å². The molecule has 84 valence electrons. The quantitative estimate of drug-likeness (QED) is 0.583. The van der Waals surface area contributed by atoms with Crippen molar-refractivity contribution in [2.75, 3.05) is 11.9 Å². The van der Waals surface area contributed by atoms with Gasteiger partial charge in [0.25, 0.3) is 0 Å². The van der Waals surface area contributed by atoms with E-state index < -0.39 is 11.6 Å². The molecule has 0 spiro atoms. The van der Waals surface area contributed by atoms with Crippen LogP contribution in [0.4, 0.5) is 0 Å². The van der Waals surface area contributed by atoms with Gasteiger partial charge in [0.2, 0.25) is 0 Å². The van der Waals surface area contributed by atoms with Crippen molar-refractivity contribution >= 4 is 33.5 Å². The Morgan fingerprint density at radius 3 is 2.14 bits per heavy atom. The highest BCUT2D eigenvalue weighted by Gasteiger charge is 2.27. The lowest BCUT2D eigenvalue weighted by molar-refractivity contribution is -0.153. The third kappa shape index (κ3) is 8.37. The van der Waals surface area contributed by atoms with E-state index in [1.165, 1.54) is 0 Å². The molecule has 0 N–H and O–H groups in total. The lowest BCUT2D eigenvalue weighted by Crippen LogP contribution is -2.26. The molecule has 4 nitrogen and oxygen atoms in total. The fourth-order valence-electron chi connectivity index (χ4n) is 0.665. The molecular formula is C8H15BrO4S. The summed E-state index contributed by atoms with van der Waals surface area (Å²) in [5, 5.41) is 0.832. The molecular weight excluding hydrogens is 272 g/mol. The van der Waals surface area contributed by atoms with Crippen LogP contribution in [0.2, 0.25) is 0 Å². The second-order valence-corrected chi connectivity index (χ2v) is 4.04. The van der Waals surface area contributed by atoms with E-state index in [1.54, 1.807) is 0 Å². The summed E-state index contributed by atoms with van der Waals surface area (Å²) in [6, 6.07) is 0. The highest BCUT2D eigenvalue weighted by molar-refractivity contribution is 9.09. The predicted molar refractivity (Wildman–Crippen MR) is 57.7 cm³/mol. The SMILES string of the molecule is CCOC(=O)C(C)(C)CCBr.O=S=O. The van der Waals surface area contributed by atoms with Gasteiger partial charge in [-0.2, -0.15) is 8.42 Å². The first-order chi connectivity index (χ1) is 6.46. The lowest BCUT2D eigenvalue weighted by atomic mass is 9.91. The summed E-state index contributed by atoms with van der Waals surface area (Å²) < 4.78 is 21.5. The number of hydrogen-bond donors (Lipinski definition) is 0. The zero-order valence-corrected chi connectivity index (χ0v) is 10.9. The molecule has 0 rings (SSSR count). The first kappa shape index (κ1) is 16.2. The number of esters is 1. The summed E-state index contributed by atoms with van der Waals surface area (Å²) in [4.78, 5) is 11.2. The minimum absolute atomic E-state index is 0.112. The van der Waals surface area contributed by atoms with Crippen LogP contribution in [0, 0.1) is 5.41 Å². The van der Waals surface area contributed by atoms with Gasteiger partial charge in [-0.05, 0) is 27.2 Å². The number of alkyl halides is 1. The van der Waals surface area contributed by atoms with Crippen LogP contribution >= 0.6 is 15.9 Å². The maximum Gasteiger partial charge on any atom is 0.335 e. The van der Waals surface area contributed by atoms with Crippen LogP contribution in [0.15, 0.2) is 0 Å². The molecule has 6 heteroatoms. The van der Waals surface area contributed by atoms with E-state index in [-0.39, 0.29) is 11.4 Å². The molecule has 0 amide bonds. The smallest absolute Gasteiger partial charge is 0.335 e. The van der Waals surface area contributed by atoms with Crippen molar-refractivity contribution in [1.29, 1.82) is 0 Å². The van der Waals surface area contributed by atoms with Crippen molar-refractivity contribution in [2.24, 2.45) is 5.41 Å². The molecule has 14 heavy (non-hydrogen) atoms. The van der Waals surface area contributed by atoms with Gasteiger partial charge in [0.05, 0.1) is 12.0 Å². The second kappa shape index (κ2) is 9.33. The Morgan fingerprint density at radius 2 is 1.86 bits per heavy atom. The normalized spacial score (nSPS) is 9.71. The Labute approximate surface area is 96.1 Å². The van der Waals surface area contributed by atoms with Crippen molar-refractivity contribution < 1.29 is 17.9 Å². The molecule has 0 fully saturated rings. The van der Waals surface area contributed by atoms with E-state index in [2.05, 4.69) is 15.9 Å². The highest BCUT2D eigenvalue weighted by Crippen LogP contribution is 2.22. The van der Waals surface area contributed by atoms with Gasteiger partial charge in [-0.3, -0.25) is 4.79 Å². The molecule has 0 saturated heterocycles. The molecule has 0 saturated carbocycles. The van der Waals surface area contributed by atoms with E-state index in [0.717, 1.165) is 11.8 Å². The third-order valence-electron chi connectivity index (χ3n) is 1.55. The van der Waals surface area contributed by atoms with Gasteiger partial charge in [0, 0.05) is 5.33 Å². The van der Waals surface area contributed by atoms with Crippen LogP contribution in [0.25, 0.3) is 0 Å². The van der Waals surface area contributed by atoms with Crippen LogP contribution in [-0.4, -0.2) is 26.3 Å². The molecule has 0 bridgehead atoms. The first-order valence-electron chi connectivity index (χ1n) is 4.11. The van der Waals surface area contributed by atoms with Gasteiger partial charge in [-0.1, -0.05) is 15.9 Å². The summed E-state index contributed by atoms with van der Waals surface area (Å²) >= 11 is 2.55. The standard InChI is InChI=1S/C8H15BrO2.O2S/c1-4-11-7(10)8(2,3)5-6-9;1-3-2/h4-6H2,1-3H3;. The number of carbonyl (C=O) groups is 1. The van der Waals surface area contributed by atoms with Crippen LogP contribution < -0.4 is 0 Å². The number of hydrogen-bond acceptors (Lipinski definition) is 4. The van der Waals surface area contributed by atoms with Crippen molar-refractivity contribution in [2.45, 2.75) is 27.2 Å². The molecule has 0 aromatic heterocycles. The minimum Gasteiger partial charge on any atom is -0.466 e. The summed E-state index contributed by atoms with van der Waals surface area (Å²) in [6.45, 7) is 6.07. The van der Waals surface area contributed by atoms with Gasteiger partial charge in [-0.15, -0.1) is 0 Å². The first-order valence-corrected chi connectivity index (χ1v) is 5.90. The number of ether oxygens (including phenoxy) is 1. The topological polar surface area (TPSA) is 60.4 Å². The molecule has 0 aromatic rings. The van der Waals surface area contributed by atoms with Crippen LogP contribution in [0.5, 0.6) is 0 Å². The number of rotatable bonds is 4. The molecule has 0 heterocycles. The third-order valence-corrected chi connectivity index (χ3v) is 1.94. The van der Waals surface area contributed by atoms with E-state index >= 15 is 0 Å². The average Bonchev–Trinajstić information content (AvgIpc) is 2.06. The van der Waals surface area contributed by atoms with Crippen molar-refractivity contribution in [1.82, 2.24) is 0 Å². The van der Waals surface area contributed by atoms with Crippen molar-refractivity contribution in [3.63, 3.8) is 0 Å². The zero-order chi connectivity index (χ0) is 11.6. The molecule has 0 atom stereocenters. The van der Waals surface area contributed by atoms with Crippen LogP contribution in [0.3, 0.4) is 0 Å². The van der Waals surface area contributed by atoms with E-state index in [9.17, 15) is 4.79 Å². The second-order valence-electron chi connectivity index (χ2n) is 3.11. The Hall–Kier alpha value is -0.230. The van der Waals surface area contributed by atoms with Gasteiger partial charge >= 0.3 is 17.5 Å². The summed E-state index contributed by atoms with van der Waals surface area (Å²) in [5.74, 6) is -0.112. The minimum atomic E-state index is -0.750. The van der Waals surface area contributed by atoms with Crippen molar-refractivity contribution in [3.05, 3.63) is 0 Å². The maximum atomic E-state index is 11.2. The molecule has 0 aliphatic carbocycles. The predicted octanol–water partition coefficient (Wildman–Crippen LogP) is 1.69.